The normalized spacial score (nSPS) is 14.3. The summed E-state index contributed by atoms with van der Waals surface area (Å²) in [5.41, 5.74) is 7.17. The number of fused-ring (bicyclic) bond motifs is 1. The standard InChI is InChI=1S/C34H36N6O2/c1-23-7-10-28(42-32-20-31(25-6-5-12-35-21-25)37-33-29(32)11-13-39(33)4)19-30(23)34(41)36-27-9-8-26(24(2)18-27)22-40-16-14-38(3)15-17-40/h5-13,18-21H,14-17,22H2,1-4H3,(H,36,41). The number of rotatable bonds is 7. The van der Waals surface area contributed by atoms with E-state index in [1.807, 2.05) is 67.2 Å². The first kappa shape index (κ1) is 27.6. The Morgan fingerprint density at radius 1 is 0.952 bits per heavy atom. The molecule has 0 bridgehead atoms. The number of benzene rings is 2. The van der Waals surface area contributed by atoms with E-state index in [1.54, 1.807) is 18.5 Å². The Morgan fingerprint density at radius 3 is 2.55 bits per heavy atom. The molecular weight excluding hydrogens is 524 g/mol. The summed E-state index contributed by atoms with van der Waals surface area (Å²) < 4.78 is 8.38. The van der Waals surface area contributed by atoms with Crippen molar-refractivity contribution in [3.63, 3.8) is 0 Å². The molecule has 1 saturated heterocycles. The number of aryl methyl sites for hydroxylation is 3. The van der Waals surface area contributed by atoms with Gasteiger partial charge in [-0.1, -0.05) is 12.1 Å². The van der Waals surface area contributed by atoms with E-state index in [0.717, 1.165) is 66.3 Å². The number of hydrogen-bond acceptors (Lipinski definition) is 6. The SMILES string of the molecule is Cc1cc(NC(=O)c2cc(Oc3cc(-c4cccnc4)nc4c3ccn4C)ccc2C)ccc1CN1CCN(C)CC1. The molecule has 42 heavy (non-hydrogen) atoms. The maximum Gasteiger partial charge on any atom is 0.256 e. The van der Waals surface area contributed by atoms with E-state index in [1.165, 1.54) is 11.1 Å². The molecule has 8 heteroatoms. The number of piperazine rings is 1. The van der Waals surface area contributed by atoms with Gasteiger partial charge in [-0.2, -0.15) is 0 Å². The minimum absolute atomic E-state index is 0.167. The van der Waals surface area contributed by atoms with E-state index in [9.17, 15) is 4.79 Å². The van der Waals surface area contributed by atoms with Gasteiger partial charge in [-0.05, 0) is 80.1 Å². The van der Waals surface area contributed by atoms with Crippen molar-refractivity contribution in [3.8, 4) is 22.8 Å². The Kier molecular flexibility index (Phi) is 7.73. The fourth-order valence-electron chi connectivity index (χ4n) is 5.38. The second-order valence-electron chi connectivity index (χ2n) is 11.2. The average Bonchev–Trinajstić information content (AvgIpc) is 3.37. The number of hydrogen-bond donors (Lipinski definition) is 1. The Morgan fingerprint density at radius 2 is 1.79 bits per heavy atom. The van der Waals surface area contributed by atoms with Crippen molar-refractivity contribution in [2.24, 2.45) is 7.05 Å². The molecule has 0 unspecified atom stereocenters. The largest absolute Gasteiger partial charge is 0.456 e. The van der Waals surface area contributed by atoms with Gasteiger partial charge >= 0.3 is 0 Å². The molecule has 3 aromatic heterocycles. The van der Waals surface area contributed by atoms with Crippen LogP contribution in [0, 0.1) is 13.8 Å². The highest BCUT2D eigenvalue weighted by atomic mass is 16.5. The van der Waals surface area contributed by atoms with Crippen LogP contribution in [0.15, 0.2) is 79.3 Å². The smallest absolute Gasteiger partial charge is 0.256 e. The van der Waals surface area contributed by atoms with Crippen LogP contribution in [0.3, 0.4) is 0 Å². The first-order chi connectivity index (χ1) is 20.3. The number of carbonyl (C=O) groups excluding carboxylic acids is 1. The number of likely N-dealkylation sites (N-methyl/N-ethyl adjacent to an activating group) is 1. The molecule has 8 nitrogen and oxygen atoms in total. The lowest BCUT2D eigenvalue weighted by atomic mass is 10.1. The van der Waals surface area contributed by atoms with Crippen LogP contribution in [0.1, 0.15) is 27.0 Å². The van der Waals surface area contributed by atoms with Crippen LogP contribution in [-0.2, 0) is 13.6 Å². The van der Waals surface area contributed by atoms with E-state index in [2.05, 4.69) is 46.2 Å². The molecule has 1 aliphatic heterocycles. The molecule has 2 aromatic carbocycles. The van der Waals surface area contributed by atoms with Gasteiger partial charge < -0.3 is 19.5 Å². The molecule has 0 radical (unpaired) electrons. The average molecular weight is 561 g/mol. The fourth-order valence-corrected chi connectivity index (χ4v) is 5.38. The number of aromatic nitrogens is 3. The quantitative estimate of drug-likeness (QED) is 0.261. The van der Waals surface area contributed by atoms with Crippen molar-refractivity contribution in [2.75, 3.05) is 38.5 Å². The third kappa shape index (κ3) is 5.91. The van der Waals surface area contributed by atoms with Gasteiger partial charge in [-0.15, -0.1) is 0 Å². The highest BCUT2D eigenvalue weighted by molar-refractivity contribution is 6.05. The summed E-state index contributed by atoms with van der Waals surface area (Å²) >= 11 is 0. The highest BCUT2D eigenvalue weighted by Crippen LogP contribution is 2.34. The zero-order valence-corrected chi connectivity index (χ0v) is 24.6. The Hall–Kier alpha value is -4.53. The Labute approximate surface area is 246 Å². The molecule has 6 rings (SSSR count). The number of nitrogens with zero attached hydrogens (tertiary/aromatic N) is 5. The molecule has 1 aliphatic rings. The van der Waals surface area contributed by atoms with E-state index in [4.69, 9.17) is 9.72 Å². The summed E-state index contributed by atoms with van der Waals surface area (Å²) in [5.74, 6) is 1.08. The van der Waals surface area contributed by atoms with E-state index >= 15 is 0 Å². The molecule has 1 fully saturated rings. The molecule has 0 aliphatic carbocycles. The van der Waals surface area contributed by atoms with Crippen molar-refractivity contribution < 1.29 is 9.53 Å². The number of amides is 1. The zero-order chi connectivity index (χ0) is 29.2. The second-order valence-corrected chi connectivity index (χ2v) is 11.2. The Balaban J connectivity index is 1.21. The van der Waals surface area contributed by atoms with Crippen molar-refractivity contribution in [2.45, 2.75) is 20.4 Å². The first-order valence-corrected chi connectivity index (χ1v) is 14.3. The van der Waals surface area contributed by atoms with Crippen molar-refractivity contribution in [1.82, 2.24) is 24.3 Å². The van der Waals surface area contributed by atoms with Gasteiger partial charge in [-0.3, -0.25) is 14.7 Å². The van der Waals surface area contributed by atoms with E-state index < -0.39 is 0 Å². The fraction of sp³-hybridized carbons (Fsp3) is 0.265. The van der Waals surface area contributed by atoms with Gasteiger partial charge in [-0.25, -0.2) is 4.98 Å². The van der Waals surface area contributed by atoms with Gasteiger partial charge in [0, 0.05) is 81.2 Å². The van der Waals surface area contributed by atoms with Gasteiger partial charge in [0.25, 0.3) is 5.91 Å². The highest BCUT2D eigenvalue weighted by Gasteiger charge is 2.17. The molecule has 0 saturated carbocycles. The lowest BCUT2D eigenvalue weighted by Gasteiger charge is -2.32. The number of pyridine rings is 2. The summed E-state index contributed by atoms with van der Waals surface area (Å²) in [7, 11) is 4.13. The molecule has 1 amide bonds. The third-order valence-electron chi connectivity index (χ3n) is 8.03. The predicted molar refractivity (Wildman–Crippen MR) is 167 cm³/mol. The monoisotopic (exact) mass is 560 g/mol. The molecule has 214 valence electrons. The van der Waals surface area contributed by atoms with Crippen LogP contribution < -0.4 is 10.1 Å². The summed E-state index contributed by atoms with van der Waals surface area (Å²) in [5, 5.41) is 3.99. The van der Waals surface area contributed by atoms with Crippen LogP contribution in [0.4, 0.5) is 5.69 Å². The van der Waals surface area contributed by atoms with Crippen LogP contribution in [0.25, 0.3) is 22.3 Å². The van der Waals surface area contributed by atoms with Crippen molar-refractivity contribution >= 4 is 22.6 Å². The minimum atomic E-state index is -0.167. The third-order valence-corrected chi connectivity index (χ3v) is 8.03. The maximum atomic E-state index is 13.4. The van der Waals surface area contributed by atoms with Crippen LogP contribution in [0.5, 0.6) is 11.5 Å². The zero-order valence-electron chi connectivity index (χ0n) is 24.6. The summed E-state index contributed by atoms with van der Waals surface area (Å²) in [6.07, 6.45) is 5.49. The van der Waals surface area contributed by atoms with E-state index in [-0.39, 0.29) is 5.91 Å². The molecular formula is C34H36N6O2. The van der Waals surface area contributed by atoms with Gasteiger partial charge in [0.2, 0.25) is 0 Å². The minimum Gasteiger partial charge on any atom is -0.456 e. The van der Waals surface area contributed by atoms with Gasteiger partial charge in [0.1, 0.15) is 17.1 Å². The van der Waals surface area contributed by atoms with Crippen LogP contribution in [-0.4, -0.2) is 63.5 Å². The lowest BCUT2D eigenvalue weighted by Crippen LogP contribution is -2.43. The van der Waals surface area contributed by atoms with Crippen LogP contribution in [0.2, 0.25) is 0 Å². The van der Waals surface area contributed by atoms with Crippen molar-refractivity contribution in [3.05, 3.63) is 102 Å². The molecule has 0 spiro atoms. The summed E-state index contributed by atoms with van der Waals surface area (Å²) in [6.45, 7) is 9.32. The maximum absolute atomic E-state index is 13.4. The Bertz CT molecular complexity index is 1740. The van der Waals surface area contributed by atoms with Gasteiger partial charge in [0.15, 0.2) is 0 Å². The molecule has 5 aromatic rings. The van der Waals surface area contributed by atoms with Crippen LogP contribution >= 0.6 is 0 Å². The van der Waals surface area contributed by atoms with Crippen molar-refractivity contribution in [1.29, 1.82) is 0 Å². The topological polar surface area (TPSA) is 75.5 Å². The second kappa shape index (κ2) is 11.8. The number of anilines is 1. The van der Waals surface area contributed by atoms with Gasteiger partial charge in [0.05, 0.1) is 11.1 Å². The molecule has 0 atom stereocenters. The first-order valence-electron chi connectivity index (χ1n) is 14.3. The molecule has 4 heterocycles. The number of nitrogens with one attached hydrogen (secondary N) is 1. The lowest BCUT2D eigenvalue weighted by molar-refractivity contribution is 0.102. The summed E-state index contributed by atoms with van der Waals surface area (Å²) in [4.78, 5) is 27.4. The summed E-state index contributed by atoms with van der Waals surface area (Å²) in [6, 6.07) is 19.6. The van der Waals surface area contributed by atoms with E-state index in [0.29, 0.717) is 17.1 Å². The predicted octanol–water partition coefficient (Wildman–Crippen LogP) is 6.04. The number of carbonyl (C=O) groups is 1. The number of ether oxygens (including phenoxy) is 1. The molecule has 1 N–H and O–H groups in total.